The Hall–Kier alpha value is -0.730. The van der Waals surface area contributed by atoms with Crippen molar-refractivity contribution in [1.82, 2.24) is 0 Å². The number of nitrogens with zero attached hydrogens (tertiary/aromatic N) is 1. The number of allylic oxidation sites excluding steroid dienone is 1. The Morgan fingerprint density at radius 3 is 2.10 bits per heavy atom. The molecule has 0 aliphatic heterocycles. The molecule has 10 heavy (non-hydrogen) atoms. The summed E-state index contributed by atoms with van der Waals surface area (Å²) in [6.45, 7) is 0. The molecule has 0 amide bonds. The number of sulfone groups is 1. The average Bonchev–Trinajstić information content (AvgIpc) is 1.60. The van der Waals surface area contributed by atoms with Gasteiger partial charge in [0.2, 0.25) is 0 Å². The number of hydrogen-bond acceptors (Lipinski definition) is 4. The van der Waals surface area contributed by atoms with Crippen LogP contribution in [0, 0.1) is 11.3 Å². The molecule has 0 saturated heterocycles. The lowest BCUT2D eigenvalue weighted by Crippen LogP contribution is -2.04. The number of rotatable bonds is 1. The van der Waals surface area contributed by atoms with Crippen molar-refractivity contribution in [3.05, 3.63) is 10.1 Å². The van der Waals surface area contributed by atoms with Crippen LogP contribution in [0.15, 0.2) is 10.1 Å². The van der Waals surface area contributed by atoms with E-state index in [0.717, 1.165) is 6.26 Å². The molecule has 0 saturated carbocycles. The first-order valence-corrected chi connectivity index (χ1v) is 4.42. The Morgan fingerprint density at radius 2 is 2.10 bits per heavy atom. The third-order valence-electron chi connectivity index (χ3n) is 0.689. The maximum absolute atomic E-state index is 10.6. The zero-order valence-corrected chi connectivity index (χ0v) is 6.70. The minimum Gasteiger partial charge on any atom is -0.388 e. The Balaban J connectivity index is 5.20. The van der Waals surface area contributed by atoms with Gasteiger partial charge in [0.05, 0.1) is 0 Å². The van der Waals surface area contributed by atoms with E-state index in [1.54, 1.807) is 0 Å². The van der Waals surface area contributed by atoms with Crippen molar-refractivity contribution in [2.75, 3.05) is 6.26 Å². The van der Waals surface area contributed by atoms with E-state index in [4.69, 9.17) is 22.6 Å². The van der Waals surface area contributed by atoms with Gasteiger partial charge >= 0.3 is 0 Å². The zero-order valence-electron chi connectivity index (χ0n) is 5.13. The molecule has 0 spiro atoms. The Kier molecular flexibility index (Phi) is 2.69. The van der Waals surface area contributed by atoms with E-state index in [1.807, 2.05) is 0 Å². The van der Waals surface area contributed by atoms with Crippen LogP contribution in [-0.4, -0.2) is 14.7 Å². The second-order valence-electron chi connectivity index (χ2n) is 1.56. The molecule has 4 nitrogen and oxygen atoms in total. The van der Waals surface area contributed by atoms with Crippen molar-refractivity contribution in [2.45, 2.75) is 0 Å². The molecule has 0 aliphatic carbocycles. The normalized spacial score (nSPS) is 13.7. The Bertz CT molecular complexity index is 294. The minimum absolute atomic E-state index is 0.495. The van der Waals surface area contributed by atoms with Gasteiger partial charge in [-0.3, -0.25) is 0 Å². The third-order valence-corrected chi connectivity index (χ3v) is 2.04. The lowest BCUT2D eigenvalue weighted by atomic mass is 10.7. The molecule has 0 aromatic heterocycles. The van der Waals surface area contributed by atoms with E-state index < -0.39 is 19.9 Å². The van der Waals surface area contributed by atoms with Crippen LogP contribution in [0.2, 0.25) is 0 Å². The van der Waals surface area contributed by atoms with Crippen molar-refractivity contribution in [1.29, 1.82) is 5.26 Å². The van der Waals surface area contributed by atoms with Gasteiger partial charge in [-0.1, -0.05) is 11.6 Å². The van der Waals surface area contributed by atoms with E-state index in [9.17, 15) is 8.42 Å². The summed E-state index contributed by atoms with van der Waals surface area (Å²) in [5, 5.41) is 7.69. The van der Waals surface area contributed by atoms with Crippen LogP contribution in [0.1, 0.15) is 0 Å². The molecule has 56 valence electrons. The maximum Gasteiger partial charge on any atom is 0.188 e. The van der Waals surface area contributed by atoms with Gasteiger partial charge in [-0.2, -0.15) is 5.26 Å². The van der Waals surface area contributed by atoms with Crippen molar-refractivity contribution >= 4 is 21.4 Å². The van der Waals surface area contributed by atoms with E-state index in [2.05, 4.69) is 0 Å². The fraction of sp³-hybridized carbons (Fsp3) is 0.250. The monoisotopic (exact) mass is 180 g/mol. The molecule has 0 rings (SSSR count). The molecule has 0 aliphatic rings. The molecular formula is C4H5ClN2O2S. The number of nitrogens with two attached hydrogens (primary N) is 1. The summed E-state index contributed by atoms with van der Waals surface area (Å²) in [4.78, 5) is -0.589. The van der Waals surface area contributed by atoms with Crippen LogP contribution >= 0.6 is 11.6 Å². The highest BCUT2D eigenvalue weighted by Crippen LogP contribution is 2.08. The van der Waals surface area contributed by atoms with Crippen LogP contribution in [-0.2, 0) is 9.84 Å². The van der Waals surface area contributed by atoms with E-state index >= 15 is 0 Å². The van der Waals surface area contributed by atoms with Gasteiger partial charge in [-0.15, -0.1) is 0 Å². The largest absolute Gasteiger partial charge is 0.388 e. The van der Waals surface area contributed by atoms with Crippen molar-refractivity contribution in [3.8, 4) is 6.07 Å². The molecule has 0 aromatic carbocycles. The maximum atomic E-state index is 10.6. The molecule has 0 aromatic rings. The molecule has 6 heteroatoms. The molecule has 0 fully saturated rings. The summed E-state index contributed by atoms with van der Waals surface area (Å²) < 4.78 is 21.1. The molecule has 0 bridgehead atoms. The second-order valence-corrected chi connectivity index (χ2v) is 3.92. The highest BCUT2D eigenvalue weighted by atomic mass is 35.5. The molecule has 0 heterocycles. The summed E-state index contributed by atoms with van der Waals surface area (Å²) in [6, 6.07) is 1.38. The molecule has 0 atom stereocenters. The first-order chi connectivity index (χ1) is 4.39. The summed E-state index contributed by atoms with van der Waals surface area (Å²) in [5.41, 5.74) is 4.88. The van der Waals surface area contributed by atoms with Crippen LogP contribution < -0.4 is 5.73 Å². The van der Waals surface area contributed by atoms with E-state index in [0.29, 0.717) is 0 Å². The topological polar surface area (TPSA) is 84.0 Å². The zero-order chi connectivity index (χ0) is 8.36. The Morgan fingerprint density at radius 1 is 1.70 bits per heavy atom. The van der Waals surface area contributed by atoms with Crippen molar-refractivity contribution in [2.24, 2.45) is 5.73 Å². The molecule has 0 unspecified atom stereocenters. The van der Waals surface area contributed by atoms with Crippen molar-refractivity contribution in [3.63, 3.8) is 0 Å². The highest BCUT2D eigenvalue weighted by Gasteiger charge is 2.13. The molecular weight excluding hydrogens is 176 g/mol. The SMILES string of the molecule is CS(=O)(=O)C(C#N)=C(N)Cl. The summed E-state index contributed by atoms with van der Waals surface area (Å²) >= 11 is 5.08. The fourth-order valence-electron chi connectivity index (χ4n) is 0.313. The quantitative estimate of drug-likeness (QED) is 0.452. The summed E-state index contributed by atoms with van der Waals surface area (Å²) in [5.74, 6) is 0. The number of halogens is 1. The standard InChI is InChI=1S/C4H5ClN2O2S/c1-10(8,9)3(2-6)4(5)7/h7H2,1H3. The first kappa shape index (κ1) is 9.27. The summed E-state index contributed by atoms with van der Waals surface area (Å²) in [6.07, 6.45) is 0.862. The summed E-state index contributed by atoms with van der Waals surface area (Å²) in [7, 11) is -3.55. The molecule has 2 N–H and O–H groups in total. The third kappa shape index (κ3) is 2.25. The lowest BCUT2D eigenvalue weighted by Gasteiger charge is -1.92. The van der Waals surface area contributed by atoms with E-state index in [1.165, 1.54) is 6.07 Å². The predicted octanol–water partition coefficient (Wildman–Crippen LogP) is -0.0788. The Labute approximate surface area is 63.8 Å². The lowest BCUT2D eigenvalue weighted by molar-refractivity contribution is 0.608. The van der Waals surface area contributed by atoms with Crippen LogP contribution in [0.4, 0.5) is 0 Å². The second kappa shape index (κ2) is 2.90. The van der Waals surface area contributed by atoms with Gasteiger partial charge in [0.15, 0.2) is 14.7 Å². The minimum atomic E-state index is -3.55. The predicted molar refractivity (Wildman–Crippen MR) is 37.5 cm³/mol. The van der Waals surface area contributed by atoms with Crippen LogP contribution in [0.5, 0.6) is 0 Å². The molecule has 0 radical (unpaired) electrons. The smallest absolute Gasteiger partial charge is 0.188 e. The highest BCUT2D eigenvalue weighted by molar-refractivity contribution is 7.94. The van der Waals surface area contributed by atoms with Crippen molar-refractivity contribution < 1.29 is 8.42 Å². The van der Waals surface area contributed by atoms with Gasteiger partial charge in [-0.05, 0) is 0 Å². The number of hydrogen-bond donors (Lipinski definition) is 1. The first-order valence-electron chi connectivity index (χ1n) is 2.15. The fourth-order valence-corrected chi connectivity index (χ4v) is 1.30. The number of nitriles is 1. The van der Waals surface area contributed by atoms with Gasteiger partial charge < -0.3 is 5.73 Å². The van der Waals surface area contributed by atoms with Gasteiger partial charge in [0.1, 0.15) is 11.2 Å². The average molecular weight is 181 g/mol. The van der Waals surface area contributed by atoms with Crippen LogP contribution in [0.25, 0.3) is 0 Å². The van der Waals surface area contributed by atoms with E-state index in [-0.39, 0.29) is 0 Å². The van der Waals surface area contributed by atoms with Gasteiger partial charge in [0.25, 0.3) is 0 Å². The van der Waals surface area contributed by atoms with Crippen LogP contribution in [0.3, 0.4) is 0 Å². The van der Waals surface area contributed by atoms with Gasteiger partial charge in [0, 0.05) is 6.26 Å². The van der Waals surface area contributed by atoms with Gasteiger partial charge in [-0.25, -0.2) is 8.42 Å².